The van der Waals surface area contributed by atoms with Crippen LogP contribution < -0.4 is 10.6 Å². The van der Waals surface area contributed by atoms with Gasteiger partial charge in [-0.1, -0.05) is 41.1 Å². The van der Waals surface area contributed by atoms with Crippen molar-refractivity contribution in [2.75, 3.05) is 10.6 Å². The number of carbonyl (C=O) groups is 2. The van der Waals surface area contributed by atoms with Crippen LogP contribution in [0.5, 0.6) is 0 Å². The first-order valence-electron chi connectivity index (χ1n) is 9.10. The zero-order valence-corrected chi connectivity index (χ0v) is 17.5. The lowest BCUT2D eigenvalue weighted by molar-refractivity contribution is -0.117. The van der Waals surface area contributed by atoms with Gasteiger partial charge in [-0.15, -0.1) is 5.10 Å². The number of benzene rings is 2. The molecule has 3 rings (SSSR count). The summed E-state index contributed by atoms with van der Waals surface area (Å²) in [5, 5.41) is 14.2. The fraction of sp³-hybridized carbons (Fsp3) is 0.238. The molecule has 3 aromatic rings. The van der Waals surface area contributed by atoms with Gasteiger partial charge in [0, 0.05) is 16.4 Å². The fourth-order valence-corrected chi connectivity index (χ4v) is 3.15. The molecule has 2 amide bonds. The molecular formula is C21H22ClN5O2. The highest BCUT2D eigenvalue weighted by atomic mass is 35.5. The summed E-state index contributed by atoms with van der Waals surface area (Å²) >= 11 is 6.09. The van der Waals surface area contributed by atoms with Gasteiger partial charge in [-0.25, -0.2) is 4.68 Å². The molecule has 1 aromatic heterocycles. The van der Waals surface area contributed by atoms with Crippen molar-refractivity contribution < 1.29 is 9.59 Å². The van der Waals surface area contributed by atoms with E-state index in [1.807, 2.05) is 39.0 Å². The van der Waals surface area contributed by atoms with E-state index in [2.05, 4.69) is 20.9 Å². The SMILES string of the molecule is Cc1cccc(C)c1NC(=O)c1nnn(CC(=O)Nc2cccc(Cl)c2C)c1C. The van der Waals surface area contributed by atoms with Gasteiger partial charge >= 0.3 is 0 Å². The van der Waals surface area contributed by atoms with Crippen molar-refractivity contribution in [3.05, 3.63) is 69.5 Å². The van der Waals surface area contributed by atoms with E-state index in [9.17, 15) is 9.59 Å². The van der Waals surface area contributed by atoms with Crippen LogP contribution in [0.3, 0.4) is 0 Å². The first-order chi connectivity index (χ1) is 13.8. The molecule has 0 spiro atoms. The number of aromatic nitrogens is 3. The van der Waals surface area contributed by atoms with Crippen LogP contribution in [0.1, 0.15) is 32.9 Å². The van der Waals surface area contributed by atoms with E-state index in [1.54, 1.807) is 25.1 Å². The topological polar surface area (TPSA) is 88.9 Å². The minimum atomic E-state index is -0.364. The standard InChI is InChI=1S/C21H22ClN5O2/c1-12-7-5-8-13(2)19(12)24-21(29)20-15(4)27(26-25-20)11-18(28)23-17-10-6-9-16(22)14(17)3/h5-10H,11H2,1-4H3,(H,23,28)(H,24,29). The summed E-state index contributed by atoms with van der Waals surface area (Å²) < 4.78 is 1.40. The van der Waals surface area contributed by atoms with E-state index < -0.39 is 0 Å². The van der Waals surface area contributed by atoms with E-state index in [1.165, 1.54) is 4.68 Å². The number of hydrogen-bond acceptors (Lipinski definition) is 4. The quantitative estimate of drug-likeness (QED) is 0.662. The fourth-order valence-electron chi connectivity index (χ4n) is 2.97. The average molecular weight is 412 g/mol. The molecule has 0 aliphatic carbocycles. The molecule has 150 valence electrons. The Hall–Kier alpha value is -3.19. The van der Waals surface area contributed by atoms with Gasteiger partial charge in [0.25, 0.3) is 5.91 Å². The molecule has 0 radical (unpaired) electrons. The Morgan fingerprint density at radius 2 is 1.66 bits per heavy atom. The molecule has 0 aliphatic heterocycles. The number of nitrogens with zero attached hydrogens (tertiary/aromatic N) is 3. The summed E-state index contributed by atoms with van der Waals surface area (Å²) in [6, 6.07) is 11.1. The first kappa shape index (κ1) is 20.5. The van der Waals surface area contributed by atoms with E-state index in [0.717, 1.165) is 22.4 Å². The van der Waals surface area contributed by atoms with Gasteiger partial charge in [0.15, 0.2) is 5.69 Å². The number of rotatable bonds is 5. The number of anilines is 2. The van der Waals surface area contributed by atoms with Gasteiger partial charge < -0.3 is 10.6 Å². The van der Waals surface area contributed by atoms with Crippen molar-refractivity contribution in [2.45, 2.75) is 34.2 Å². The van der Waals surface area contributed by atoms with Crippen LogP contribution in [-0.4, -0.2) is 26.8 Å². The Morgan fingerprint density at radius 1 is 1.00 bits per heavy atom. The van der Waals surface area contributed by atoms with E-state index in [0.29, 0.717) is 16.4 Å². The van der Waals surface area contributed by atoms with E-state index >= 15 is 0 Å². The van der Waals surface area contributed by atoms with Crippen LogP contribution in [0.25, 0.3) is 0 Å². The second-order valence-electron chi connectivity index (χ2n) is 6.86. The van der Waals surface area contributed by atoms with Crippen molar-refractivity contribution in [3.8, 4) is 0 Å². The molecule has 0 aliphatic rings. The molecule has 0 saturated carbocycles. The number of nitrogens with one attached hydrogen (secondary N) is 2. The van der Waals surface area contributed by atoms with Crippen molar-refractivity contribution in [1.82, 2.24) is 15.0 Å². The van der Waals surface area contributed by atoms with Crippen LogP contribution in [0, 0.1) is 27.7 Å². The normalized spacial score (nSPS) is 10.7. The number of para-hydroxylation sites is 1. The highest BCUT2D eigenvalue weighted by molar-refractivity contribution is 6.31. The third kappa shape index (κ3) is 4.46. The zero-order valence-electron chi connectivity index (χ0n) is 16.7. The Bertz CT molecular complexity index is 1070. The summed E-state index contributed by atoms with van der Waals surface area (Å²) in [5.74, 6) is -0.651. The summed E-state index contributed by atoms with van der Waals surface area (Å²) in [7, 11) is 0. The number of aryl methyl sites for hydroxylation is 2. The van der Waals surface area contributed by atoms with Crippen LogP contribution in [0.2, 0.25) is 5.02 Å². The van der Waals surface area contributed by atoms with Crippen LogP contribution in [-0.2, 0) is 11.3 Å². The predicted molar refractivity (Wildman–Crippen MR) is 113 cm³/mol. The van der Waals surface area contributed by atoms with Gasteiger partial charge in [0.2, 0.25) is 5.91 Å². The molecular weight excluding hydrogens is 390 g/mol. The monoisotopic (exact) mass is 411 g/mol. The van der Waals surface area contributed by atoms with Gasteiger partial charge in [-0.05, 0) is 56.5 Å². The van der Waals surface area contributed by atoms with Crippen molar-refractivity contribution >= 4 is 34.8 Å². The highest BCUT2D eigenvalue weighted by Gasteiger charge is 2.19. The molecule has 2 N–H and O–H groups in total. The summed E-state index contributed by atoms with van der Waals surface area (Å²) in [6.45, 7) is 7.32. The minimum Gasteiger partial charge on any atom is -0.324 e. The molecule has 7 nitrogen and oxygen atoms in total. The summed E-state index contributed by atoms with van der Waals surface area (Å²) in [4.78, 5) is 25.1. The van der Waals surface area contributed by atoms with Crippen LogP contribution in [0.15, 0.2) is 36.4 Å². The Balaban J connectivity index is 1.72. The zero-order chi connectivity index (χ0) is 21.1. The smallest absolute Gasteiger partial charge is 0.278 e. The van der Waals surface area contributed by atoms with Gasteiger partial charge in [0.05, 0.1) is 5.69 Å². The lowest BCUT2D eigenvalue weighted by Gasteiger charge is -2.11. The van der Waals surface area contributed by atoms with Crippen LogP contribution in [0.4, 0.5) is 11.4 Å². The molecule has 2 aromatic carbocycles. The second kappa shape index (κ2) is 8.45. The number of halogens is 1. The van der Waals surface area contributed by atoms with Crippen molar-refractivity contribution in [3.63, 3.8) is 0 Å². The number of carbonyl (C=O) groups excluding carboxylic acids is 2. The summed E-state index contributed by atoms with van der Waals surface area (Å²) in [5.41, 5.74) is 4.77. The molecule has 0 saturated heterocycles. The van der Waals surface area contributed by atoms with Gasteiger partial charge in [-0.3, -0.25) is 9.59 Å². The minimum absolute atomic E-state index is 0.0680. The largest absolute Gasteiger partial charge is 0.324 e. The number of amides is 2. The summed E-state index contributed by atoms with van der Waals surface area (Å²) in [6.07, 6.45) is 0. The second-order valence-corrected chi connectivity index (χ2v) is 7.27. The van der Waals surface area contributed by atoms with Gasteiger partial charge in [0.1, 0.15) is 6.54 Å². The Kier molecular flexibility index (Phi) is 5.98. The third-order valence-electron chi connectivity index (χ3n) is 4.75. The van der Waals surface area contributed by atoms with Crippen molar-refractivity contribution in [2.24, 2.45) is 0 Å². The lowest BCUT2D eigenvalue weighted by atomic mass is 10.1. The maximum atomic E-state index is 12.7. The van der Waals surface area contributed by atoms with Crippen molar-refractivity contribution in [1.29, 1.82) is 0 Å². The molecule has 0 fully saturated rings. The maximum absolute atomic E-state index is 12.7. The molecule has 0 bridgehead atoms. The number of hydrogen-bond donors (Lipinski definition) is 2. The molecule has 1 heterocycles. The van der Waals surface area contributed by atoms with Gasteiger partial charge in [-0.2, -0.15) is 0 Å². The molecule has 0 unspecified atom stereocenters. The van der Waals surface area contributed by atoms with Crippen LogP contribution >= 0.6 is 11.6 Å². The lowest BCUT2D eigenvalue weighted by Crippen LogP contribution is -2.21. The molecule has 0 atom stereocenters. The highest BCUT2D eigenvalue weighted by Crippen LogP contribution is 2.23. The Labute approximate surface area is 174 Å². The average Bonchev–Trinajstić information content (AvgIpc) is 3.02. The third-order valence-corrected chi connectivity index (χ3v) is 5.16. The van der Waals surface area contributed by atoms with E-state index in [4.69, 9.17) is 11.6 Å². The maximum Gasteiger partial charge on any atom is 0.278 e. The predicted octanol–water partition coefficient (Wildman–Crippen LogP) is 4.06. The Morgan fingerprint density at radius 3 is 2.34 bits per heavy atom. The first-order valence-corrected chi connectivity index (χ1v) is 9.48. The van der Waals surface area contributed by atoms with E-state index in [-0.39, 0.29) is 24.1 Å². The molecule has 29 heavy (non-hydrogen) atoms. The molecule has 8 heteroatoms.